The lowest BCUT2D eigenvalue weighted by molar-refractivity contribution is -0.128. The van der Waals surface area contributed by atoms with Crippen LogP contribution in [0.5, 0.6) is 0 Å². The van der Waals surface area contributed by atoms with Gasteiger partial charge in [-0.25, -0.2) is 0 Å². The van der Waals surface area contributed by atoms with Crippen molar-refractivity contribution in [3.63, 3.8) is 0 Å². The number of hydrogen-bond donors (Lipinski definition) is 2. The van der Waals surface area contributed by atoms with E-state index in [4.69, 9.17) is 10.5 Å². The van der Waals surface area contributed by atoms with E-state index in [1.807, 2.05) is 0 Å². The Bertz CT molecular complexity index is 290. The summed E-state index contributed by atoms with van der Waals surface area (Å²) in [5.74, 6) is 0.553. The number of amides is 1. The van der Waals surface area contributed by atoms with Gasteiger partial charge >= 0.3 is 0 Å². The van der Waals surface area contributed by atoms with Crippen molar-refractivity contribution < 1.29 is 9.53 Å². The molecule has 2 rings (SSSR count). The lowest BCUT2D eigenvalue weighted by Crippen LogP contribution is -2.44. The summed E-state index contributed by atoms with van der Waals surface area (Å²) in [6.45, 7) is 3.38. The SMILES string of the molecule is CC1C(N)CCCC1C(=O)NCCOC1CCCC1. The Labute approximate surface area is 116 Å². The normalized spacial score (nSPS) is 32.4. The first-order valence-corrected chi connectivity index (χ1v) is 7.83. The fourth-order valence-corrected chi connectivity index (χ4v) is 3.35. The first kappa shape index (κ1) is 14.8. The molecule has 0 aromatic rings. The van der Waals surface area contributed by atoms with Gasteiger partial charge in [0.25, 0.3) is 0 Å². The number of nitrogens with one attached hydrogen (secondary N) is 1. The van der Waals surface area contributed by atoms with Crippen molar-refractivity contribution in [2.75, 3.05) is 13.2 Å². The summed E-state index contributed by atoms with van der Waals surface area (Å²) < 4.78 is 5.75. The molecule has 3 unspecified atom stereocenters. The smallest absolute Gasteiger partial charge is 0.223 e. The average Bonchev–Trinajstić information content (AvgIpc) is 2.91. The zero-order valence-electron chi connectivity index (χ0n) is 12.1. The monoisotopic (exact) mass is 268 g/mol. The number of hydrogen-bond acceptors (Lipinski definition) is 3. The van der Waals surface area contributed by atoms with E-state index in [1.165, 1.54) is 25.7 Å². The van der Waals surface area contributed by atoms with E-state index in [0.717, 1.165) is 19.3 Å². The van der Waals surface area contributed by atoms with Crippen molar-refractivity contribution in [1.82, 2.24) is 5.32 Å². The molecular formula is C15H28N2O2. The van der Waals surface area contributed by atoms with Crippen LogP contribution in [-0.2, 0) is 9.53 Å². The highest BCUT2D eigenvalue weighted by molar-refractivity contribution is 5.79. The minimum absolute atomic E-state index is 0.0928. The van der Waals surface area contributed by atoms with E-state index >= 15 is 0 Å². The molecule has 1 amide bonds. The largest absolute Gasteiger partial charge is 0.376 e. The maximum atomic E-state index is 12.1. The van der Waals surface area contributed by atoms with Gasteiger partial charge in [0.2, 0.25) is 5.91 Å². The van der Waals surface area contributed by atoms with Gasteiger partial charge in [0.05, 0.1) is 12.7 Å². The van der Waals surface area contributed by atoms with Crippen LogP contribution in [0.2, 0.25) is 0 Å². The Hall–Kier alpha value is -0.610. The van der Waals surface area contributed by atoms with Crippen LogP contribution in [0.25, 0.3) is 0 Å². The number of carbonyl (C=O) groups excluding carboxylic acids is 1. The Morgan fingerprint density at radius 2 is 1.95 bits per heavy atom. The van der Waals surface area contributed by atoms with Gasteiger partial charge in [-0.2, -0.15) is 0 Å². The molecule has 0 aliphatic heterocycles. The Morgan fingerprint density at radius 3 is 2.68 bits per heavy atom. The van der Waals surface area contributed by atoms with Gasteiger partial charge in [0, 0.05) is 18.5 Å². The lowest BCUT2D eigenvalue weighted by Gasteiger charge is -2.32. The molecule has 3 atom stereocenters. The molecule has 0 aromatic carbocycles. The predicted octanol–water partition coefficient (Wildman–Crippen LogP) is 1.83. The van der Waals surface area contributed by atoms with Gasteiger partial charge in [-0.3, -0.25) is 4.79 Å². The Balaban J connectivity index is 1.63. The second-order valence-electron chi connectivity index (χ2n) is 6.13. The van der Waals surface area contributed by atoms with E-state index < -0.39 is 0 Å². The van der Waals surface area contributed by atoms with Gasteiger partial charge in [0.1, 0.15) is 0 Å². The van der Waals surface area contributed by atoms with Crippen LogP contribution >= 0.6 is 0 Å². The third kappa shape index (κ3) is 4.18. The molecule has 0 heterocycles. The van der Waals surface area contributed by atoms with E-state index in [2.05, 4.69) is 12.2 Å². The number of rotatable bonds is 5. The summed E-state index contributed by atoms with van der Waals surface area (Å²) in [7, 11) is 0. The molecule has 4 nitrogen and oxygen atoms in total. The van der Waals surface area contributed by atoms with Crippen LogP contribution < -0.4 is 11.1 Å². The molecule has 2 saturated carbocycles. The zero-order chi connectivity index (χ0) is 13.7. The molecule has 0 spiro atoms. The molecule has 0 radical (unpaired) electrons. The molecule has 0 saturated heterocycles. The quantitative estimate of drug-likeness (QED) is 0.748. The minimum atomic E-state index is 0.0928. The van der Waals surface area contributed by atoms with Crippen LogP contribution in [0.1, 0.15) is 51.9 Å². The number of carbonyl (C=O) groups is 1. The molecule has 2 aliphatic carbocycles. The fourth-order valence-electron chi connectivity index (χ4n) is 3.35. The molecule has 2 aliphatic rings. The zero-order valence-corrected chi connectivity index (χ0v) is 12.1. The molecule has 0 aromatic heterocycles. The average molecular weight is 268 g/mol. The molecule has 0 bridgehead atoms. The highest BCUT2D eigenvalue weighted by Gasteiger charge is 2.32. The third-order valence-electron chi connectivity index (χ3n) is 4.76. The van der Waals surface area contributed by atoms with Gasteiger partial charge in [-0.1, -0.05) is 26.2 Å². The van der Waals surface area contributed by atoms with Crippen LogP contribution in [0.15, 0.2) is 0 Å². The number of ether oxygens (including phenoxy) is 1. The Morgan fingerprint density at radius 1 is 1.21 bits per heavy atom. The molecule has 19 heavy (non-hydrogen) atoms. The van der Waals surface area contributed by atoms with E-state index in [0.29, 0.717) is 25.2 Å². The maximum Gasteiger partial charge on any atom is 0.223 e. The standard InChI is InChI=1S/C15H28N2O2/c1-11-13(7-4-8-14(11)16)15(18)17-9-10-19-12-5-2-3-6-12/h11-14H,2-10,16H2,1H3,(H,17,18). The van der Waals surface area contributed by atoms with Crippen LogP contribution in [-0.4, -0.2) is 31.2 Å². The maximum absolute atomic E-state index is 12.1. The van der Waals surface area contributed by atoms with Crippen LogP contribution in [0.4, 0.5) is 0 Å². The molecule has 110 valence electrons. The molecule has 4 heteroatoms. The van der Waals surface area contributed by atoms with Crippen LogP contribution in [0.3, 0.4) is 0 Å². The summed E-state index contributed by atoms with van der Waals surface area (Å²) in [6.07, 6.45) is 8.47. The number of nitrogens with two attached hydrogens (primary N) is 1. The van der Waals surface area contributed by atoms with Gasteiger partial charge in [0.15, 0.2) is 0 Å². The van der Waals surface area contributed by atoms with Crippen molar-refractivity contribution in [3.8, 4) is 0 Å². The van der Waals surface area contributed by atoms with E-state index in [-0.39, 0.29) is 17.9 Å². The summed E-state index contributed by atoms with van der Waals surface area (Å²) in [5, 5.41) is 3.01. The second-order valence-corrected chi connectivity index (χ2v) is 6.13. The molecular weight excluding hydrogens is 240 g/mol. The second kappa shape index (κ2) is 7.25. The van der Waals surface area contributed by atoms with Crippen molar-refractivity contribution in [3.05, 3.63) is 0 Å². The van der Waals surface area contributed by atoms with Gasteiger partial charge < -0.3 is 15.8 Å². The van der Waals surface area contributed by atoms with E-state index in [9.17, 15) is 4.79 Å². The van der Waals surface area contributed by atoms with Crippen molar-refractivity contribution in [2.24, 2.45) is 17.6 Å². The van der Waals surface area contributed by atoms with Crippen molar-refractivity contribution in [1.29, 1.82) is 0 Å². The molecule has 3 N–H and O–H groups in total. The predicted molar refractivity (Wildman–Crippen MR) is 75.7 cm³/mol. The Kier molecular flexibility index (Phi) is 5.64. The highest BCUT2D eigenvalue weighted by atomic mass is 16.5. The highest BCUT2D eigenvalue weighted by Crippen LogP contribution is 2.29. The minimum Gasteiger partial charge on any atom is -0.376 e. The van der Waals surface area contributed by atoms with Crippen LogP contribution in [0, 0.1) is 11.8 Å². The van der Waals surface area contributed by atoms with Crippen molar-refractivity contribution >= 4 is 5.91 Å². The third-order valence-corrected chi connectivity index (χ3v) is 4.76. The topological polar surface area (TPSA) is 64.4 Å². The van der Waals surface area contributed by atoms with Gasteiger partial charge in [-0.15, -0.1) is 0 Å². The summed E-state index contributed by atoms with van der Waals surface area (Å²) >= 11 is 0. The van der Waals surface area contributed by atoms with Gasteiger partial charge in [-0.05, 0) is 31.6 Å². The lowest BCUT2D eigenvalue weighted by atomic mass is 9.77. The summed E-state index contributed by atoms with van der Waals surface area (Å²) in [5.41, 5.74) is 6.04. The van der Waals surface area contributed by atoms with E-state index in [1.54, 1.807) is 0 Å². The van der Waals surface area contributed by atoms with Crippen molar-refractivity contribution in [2.45, 2.75) is 64.0 Å². The first-order valence-electron chi connectivity index (χ1n) is 7.83. The fraction of sp³-hybridized carbons (Fsp3) is 0.933. The first-order chi connectivity index (χ1) is 9.18. The summed E-state index contributed by atoms with van der Waals surface area (Å²) in [4.78, 5) is 12.1. The molecule has 2 fully saturated rings. The summed E-state index contributed by atoms with van der Waals surface area (Å²) in [6, 6.07) is 0.180.